The number of hydrogen-bond acceptors (Lipinski definition) is 3. The Morgan fingerprint density at radius 2 is 1.95 bits per heavy atom. The van der Waals surface area contributed by atoms with Crippen molar-refractivity contribution in [1.29, 1.82) is 0 Å². The predicted molar refractivity (Wildman–Crippen MR) is 81.5 cm³/mol. The summed E-state index contributed by atoms with van der Waals surface area (Å²) in [5, 5.41) is 3.85. The van der Waals surface area contributed by atoms with Crippen LogP contribution in [-0.4, -0.2) is 5.16 Å². The minimum atomic E-state index is -0.481. The maximum Gasteiger partial charge on any atom is 0.176 e. The lowest BCUT2D eigenvalue weighted by atomic mass is 9.98. The SMILES string of the molecule is Cc1ccccc1-c1c(N)noc1-c1ccc(F)c(Cl)c1. The smallest absolute Gasteiger partial charge is 0.176 e. The zero-order chi connectivity index (χ0) is 15.0. The van der Waals surface area contributed by atoms with Gasteiger partial charge in [-0.15, -0.1) is 0 Å². The van der Waals surface area contributed by atoms with Gasteiger partial charge in [0.15, 0.2) is 11.6 Å². The Hall–Kier alpha value is -2.33. The van der Waals surface area contributed by atoms with Gasteiger partial charge in [0, 0.05) is 5.56 Å². The van der Waals surface area contributed by atoms with Crippen LogP contribution >= 0.6 is 11.6 Å². The second-order valence-electron chi connectivity index (χ2n) is 4.72. The summed E-state index contributed by atoms with van der Waals surface area (Å²) in [5.41, 5.74) is 9.22. The molecule has 0 aliphatic rings. The van der Waals surface area contributed by atoms with E-state index in [-0.39, 0.29) is 5.02 Å². The van der Waals surface area contributed by atoms with Crippen molar-refractivity contribution in [3.8, 4) is 22.5 Å². The molecule has 21 heavy (non-hydrogen) atoms. The molecule has 0 radical (unpaired) electrons. The molecule has 3 aromatic rings. The van der Waals surface area contributed by atoms with Gasteiger partial charge >= 0.3 is 0 Å². The molecule has 0 amide bonds. The zero-order valence-electron chi connectivity index (χ0n) is 11.2. The molecule has 0 aliphatic carbocycles. The van der Waals surface area contributed by atoms with Crippen LogP contribution in [-0.2, 0) is 0 Å². The van der Waals surface area contributed by atoms with Gasteiger partial charge in [0.1, 0.15) is 5.82 Å². The van der Waals surface area contributed by atoms with Gasteiger partial charge in [-0.3, -0.25) is 0 Å². The fourth-order valence-electron chi connectivity index (χ4n) is 2.25. The molecule has 2 N–H and O–H groups in total. The van der Waals surface area contributed by atoms with Crippen molar-refractivity contribution in [1.82, 2.24) is 5.16 Å². The van der Waals surface area contributed by atoms with Crippen molar-refractivity contribution in [3.05, 3.63) is 58.9 Å². The third-order valence-electron chi connectivity index (χ3n) is 3.31. The van der Waals surface area contributed by atoms with Crippen LogP contribution < -0.4 is 5.73 Å². The number of halogens is 2. The highest BCUT2D eigenvalue weighted by Crippen LogP contribution is 2.38. The molecule has 0 saturated carbocycles. The molecule has 5 heteroatoms. The monoisotopic (exact) mass is 302 g/mol. The summed E-state index contributed by atoms with van der Waals surface area (Å²) in [6, 6.07) is 12.1. The van der Waals surface area contributed by atoms with Crippen LogP contribution in [0.3, 0.4) is 0 Å². The minimum Gasteiger partial charge on any atom is -0.380 e. The molecule has 0 unspecified atom stereocenters. The molecule has 1 heterocycles. The summed E-state index contributed by atoms with van der Waals surface area (Å²) in [7, 11) is 0. The summed E-state index contributed by atoms with van der Waals surface area (Å²) >= 11 is 5.83. The average Bonchev–Trinajstić information content (AvgIpc) is 2.84. The van der Waals surface area contributed by atoms with Gasteiger partial charge in [0.25, 0.3) is 0 Å². The molecule has 0 spiro atoms. The lowest BCUT2D eigenvalue weighted by molar-refractivity contribution is 0.436. The quantitative estimate of drug-likeness (QED) is 0.747. The van der Waals surface area contributed by atoms with Crippen molar-refractivity contribution in [3.63, 3.8) is 0 Å². The summed E-state index contributed by atoms with van der Waals surface area (Å²) in [4.78, 5) is 0. The maximum absolute atomic E-state index is 13.3. The van der Waals surface area contributed by atoms with Crippen LogP contribution in [0.15, 0.2) is 47.0 Å². The molecular formula is C16H12ClFN2O. The van der Waals surface area contributed by atoms with Crippen molar-refractivity contribution < 1.29 is 8.91 Å². The van der Waals surface area contributed by atoms with E-state index < -0.39 is 5.82 Å². The van der Waals surface area contributed by atoms with Gasteiger partial charge in [0.05, 0.1) is 10.6 Å². The molecule has 3 rings (SSSR count). The number of nitrogens with two attached hydrogens (primary N) is 1. The van der Waals surface area contributed by atoms with Crippen molar-refractivity contribution in [2.24, 2.45) is 0 Å². The first-order valence-electron chi connectivity index (χ1n) is 6.34. The first-order chi connectivity index (χ1) is 10.1. The highest BCUT2D eigenvalue weighted by atomic mass is 35.5. The molecule has 0 aliphatic heterocycles. The van der Waals surface area contributed by atoms with E-state index in [0.717, 1.165) is 11.1 Å². The normalized spacial score (nSPS) is 10.8. The fourth-order valence-corrected chi connectivity index (χ4v) is 2.43. The van der Waals surface area contributed by atoms with Gasteiger partial charge in [-0.1, -0.05) is 41.0 Å². The molecular weight excluding hydrogens is 291 g/mol. The van der Waals surface area contributed by atoms with Crippen LogP contribution in [0, 0.1) is 12.7 Å². The largest absolute Gasteiger partial charge is 0.380 e. The van der Waals surface area contributed by atoms with E-state index in [2.05, 4.69) is 5.16 Å². The van der Waals surface area contributed by atoms with E-state index >= 15 is 0 Å². The second-order valence-corrected chi connectivity index (χ2v) is 5.12. The van der Waals surface area contributed by atoms with Crippen LogP contribution in [0.5, 0.6) is 0 Å². The summed E-state index contributed by atoms with van der Waals surface area (Å²) in [6.45, 7) is 1.98. The highest BCUT2D eigenvalue weighted by Gasteiger charge is 2.19. The second kappa shape index (κ2) is 5.22. The molecule has 0 fully saturated rings. The van der Waals surface area contributed by atoms with Crippen molar-refractivity contribution >= 4 is 17.4 Å². The topological polar surface area (TPSA) is 52.0 Å². The highest BCUT2D eigenvalue weighted by molar-refractivity contribution is 6.31. The number of aryl methyl sites for hydroxylation is 1. The number of anilines is 1. The number of hydrogen-bond donors (Lipinski definition) is 1. The Morgan fingerprint density at radius 1 is 1.19 bits per heavy atom. The Morgan fingerprint density at radius 3 is 2.67 bits per heavy atom. The lowest BCUT2D eigenvalue weighted by Crippen LogP contribution is -1.91. The zero-order valence-corrected chi connectivity index (χ0v) is 12.0. The van der Waals surface area contributed by atoms with Gasteiger partial charge in [-0.2, -0.15) is 0 Å². The molecule has 0 saturated heterocycles. The van der Waals surface area contributed by atoms with Crippen molar-refractivity contribution in [2.45, 2.75) is 6.92 Å². The molecule has 0 bridgehead atoms. The standard InChI is InChI=1S/C16H12ClFN2O/c1-9-4-2-3-5-11(9)14-15(21-20-16(14)19)10-6-7-13(18)12(17)8-10/h2-8H,1H3,(H2,19,20). The Bertz CT molecular complexity index is 814. The summed E-state index contributed by atoms with van der Waals surface area (Å²) < 4.78 is 18.6. The molecule has 0 atom stereocenters. The fraction of sp³-hybridized carbons (Fsp3) is 0.0625. The Balaban J connectivity index is 2.22. The summed E-state index contributed by atoms with van der Waals surface area (Å²) in [5.74, 6) is 0.286. The van der Waals surface area contributed by atoms with Gasteiger partial charge in [-0.25, -0.2) is 4.39 Å². The van der Waals surface area contributed by atoms with Crippen LogP contribution in [0.1, 0.15) is 5.56 Å². The van der Waals surface area contributed by atoms with Crippen LogP contribution in [0.25, 0.3) is 22.5 Å². The van der Waals surface area contributed by atoms with E-state index in [4.69, 9.17) is 21.9 Å². The number of nitrogens with zero attached hydrogens (tertiary/aromatic N) is 1. The molecule has 2 aromatic carbocycles. The Labute approximate surface area is 126 Å². The lowest BCUT2D eigenvalue weighted by Gasteiger charge is -2.06. The molecule has 106 valence electrons. The third-order valence-corrected chi connectivity index (χ3v) is 3.60. The maximum atomic E-state index is 13.3. The minimum absolute atomic E-state index is 0.0261. The first-order valence-corrected chi connectivity index (χ1v) is 6.72. The number of nitrogen functional groups attached to an aromatic ring is 1. The van der Waals surface area contributed by atoms with Crippen LogP contribution in [0.4, 0.5) is 10.2 Å². The third kappa shape index (κ3) is 2.38. The Kier molecular flexibility index (Phi) is 3.39. The number of benzene rings is 2. The van der Waals surface area contributed by atoms with Gasteiger partial charge in [0.2, 0.25) is 0 Å². The van der Waals surface area contributed by atoms with E-state index in [9.17, 15) is 4.39 Å². The molecule has 1 aromatic heterocycles. The number of aromatic nitrogens is 1. The van der Waals surface area contributed by atoms with E-state index in [1.54, 1.807) is 6.07 Å². The van der Waals surface area contributed by atoms with E-state index in [0.29, 0.717) is 22.7 Å². The van der Waals surface area contributed by atoms with Crippen molar-refractivity contribution in [2.75, 3.05) is 5.73 Å². The van der Waals surface area contributed by atoms with E-state index in [1.807, 2.05) is 31.2 Å². The van der Waals surface area contributed by atoms with Gasteiger partial charge in [-0.05, 0) is 36.2 Å². The van der Waals surface area contributed by atoms with Gasteiger partial charge < -0.3 is 10.3 Å². The predicted octanol–water partition coefficient (Wildman–Crippen LogP) is 4.69. The number of rotatable bonds is 2. The molecule has 3 nitrogen and oxygen atoms in total. The summed E-state index contributed by atoms with van der Waals surface area (Å²) in [6.07, 6.45) is 0. The first kappa shape index (κ1) is 13.6. The average molecular weight is 303 g/mol. The van der Waals surface area contributed by atoms with Crippen LogP contribution in [0.2, 0.25) is 5.02 Å². The van der Waals surface area contributed by atoms with E-state index in [1.165, 1.54) is 12.1 Å².